The first-order valence-corrected chi connectivity index (χ1v) is 7.59. The maximum atomic E-state index is 9.23. The Morgan fingerprint density at radius 1 is 1.45 bits per heavy atom. The van der Waals surface area contributed by atoms with Crippen LogP contribution in [0, 0.1) is 5.41 Å². The summed E-state index contributed by atoms with van der Waals surface area (Å²) in [7, 11) is 1.65. The molecule has 4 N–H and O–H groups in total. The van der Waals surface area contributed by atoms with Crippen molar-refractivity contribution in [1.29, 1.82) is 5.41 Å². The van der Waals surface area contributed by atoms with E-state index in [0.717, 1.165) is 21.9 Å². The van der Waals surface area contributed by atoms with Gasteiger partial charge in [0.05, 0.1) is 18.8 Å². The van der Waals surface area contributed by atoms with Gasteiger partial charge in [0, 0.05) is 30.8 Å². The summed E-state index contributed by atoms with van der Waals surface area (Å²) in [5.41, 5.74) is 7.37. The van der Waals surface area contributed by atoms with Crippen LogP contribution >= 0.6 is 11.8 Å². The van der Waals surface area contributed by atoms with Crippen molar-refractivity contribution in [3.05, 3.63) is 23.8 Å². The lowest BCUT2D eigenvalue weighted by Gasteiger charge is -2.27. The van der Waals surface area contributed by atoms with E-state index in [4.69, 9.17) is 15.9 Å². The van der Waals surface area contributed by atoms with Crippen LogP contribution in [0.5, 0.6) is 0 Å². The van der Waals surface area contributed by atoms with E-state index in [0.29, 0.717) is 19.7 Å². The standard InChI is InChI=1S/C14H23N3O2S/c1-3-20-12-6-4-5-11(13(12)14(15)16)17(7-9-18)8-10-19-2/h4-6,18H,3,7-10H2,1-2H3,(H3,15,16). The monoisotopic (exact) mass is 297 g/mol. The third-order valence-corrected chi connectivity index (χ3v) is 3.79. The van der Waals surface area contributed by atoms with Crippen LogP contribution in [-0.4, -0.2) is 50.1 Å². The molecule has 0 saturated carbocycles. The molecule has 1 aromatic carbocycles. The van der Waals surface area contributed by atoms with Gasteiger partial charge in [-0.1, -0.05) is 13.0 Å². The first-order chi connectivity index (χ1) is 9.65. The van der Waals surface area contributed by atoms with Gasteiger partial charge in [-0.15, -0.1) is 11.8 Å². The lowest BCUT2D eigenvalue weighted by atomic mass is 10.1. The van der Waals surface area contributed by atoms with Gasteiger partial charge in [0.1, 0.15) is 5.84 Å². The molecule has 0 amide bonds. The average molecular weight is 297 g/mol. The Morgan fingerprint density at radius 2 is 2.20 bits per heavy atom. The van der Waals surface area contributed by atoms with Crippen molar-refractivity contribution in [3.63, 3.8) is 0 Å². The minimum Gasteiger partial charge on any atom is -0.395 e. The Labute approximate surface area is 124 Å². The molecule has 1 aromatic rings. The number of ether oxygens (including phenoxy) is 1. The number of nitrogens with zero attached hydrogens (tertiary/aromatic N) is 1. The van der Waals surface area contributed by atoms with Crippen LogP contribution in [0.25, 0.3) is 0 Å². The fraction of sp³-hybridized carbons (Fsp3) is 0.500. The number of methoxy groups -OCH3 is 1. The van der Waals surface area contributed by atoms with Gasteiger partial charge in [-0.25, -0.2) is 0 Å². The van der Waals surface area contributed by atoms with Gasteiger partial charge in [-0.2, -0.15) is 0 Å². The molecule has 112 valence electrons. The minimum absolute atomic E-state index is 0.0478. The Balaban J connectivity index is 3.17. The highest BCUT2D eigenvalue weighted by molar-refractivity contribution is 7.99. The number of aliphatic hydroxyl groups is 1. The normalized spacial score (nSPS) is 10.6. The second-order valence-corrected chi connectivity index (χ2v) is 5.51. The first kappa shape index (κ1) is 16.8. The van der Waals surface area contributed by atoms with Crippen molar-refractivity contribution < 1.29 is 9.84 Å². The quantitative estimate of drug-likeness (QED) is 0.366. The maximum absolute atomic E-state index is 9.23. The summed E-state index contributed by atoms with van der Waals surface area (Å²) in [5.74, 6) is 0.971. The molecule has 0 saturated heterocycles. The third-order valence-electron chi connectivity index (χ3n) is 2.85. The molecule has 6 heteroatoms. The van der Waals surface area contributed by atoms with Crippen molar-refractivity contribution in [2.24, 2.45) is 5.73 Å². The number of rotatable bonds is 9. The zero-order chi connectivity index (χ0) is 15.0. The van der Waals surface area contributed by atoms with Crippen molar-refractivity contribution in [2.75, 3.05) is 44.1 Å². The number of hydrogen-bond donors (Lipinski definition) is 3. The minimum atomic E-state index is 0.0478. The summed E-state index contributed by atoms with van der Waals surface area (Å²) >= 11 is 1.66. The average Bonchev–Trinajstić information content (AvgIpc) is 2.43. The molecule has 0 heterocycles. The van der Waals surface area contributed by atoms with Crippen LogP contribution in [-0.2, 0) is 4.74 Å². The van der Waals surface area contributed by atoms with Crippen LogP contribution in [0.15, 0.2) is 23.1 Å². The summed E-state index contributed by atoms with van der Waals surface area (Å²) in [4.78, 5) is 3.00. The summed E-state index contributed by atoms with van der Waals surface area (Å²) in [6.45, 7) is 3.81. The van der Waals surface area contributed by atoms with E-state index in [9.17, 15) is 5.11 Å². The number of benzene rings is 1. The van der Waals surface area contributed by atoms with E-state index in [1.807, 2.05) is 23.1 Å². The van der Waals surface area contributed by atoms with E-state index < -0.39 is 0 Å². The van der Waals surface area contributed by atoms with Crippen LogP contribution in [0.4, 0.5) is 5.69 Å². The fourth-order valence-corrected chi connectivity index (χ4v) is 2.85. The zero-order valence-corrected chi connectivity index (χ0v) is 12.9. The Hall–Kier alpha value is -1.24. The lowest BCUT2D eigenvalue weighted by Crippen LogP contribution is -2.32. The van der Waals surface area contributed by atoms with E-state index in [1.54, 1.807) is 18.9 Å². The molecule has 0 atom stereocenters. The molecule has 20 heavy (non-hydrogen) atoms. The second-order valence-electron chi connectivity index (χ2n) is 4.20. The molecule has 0 aliphatic carbocycles. The third kappa shape index (κ3) is 4.40. The van der Waals surface area contributed by atoms with E-state index in [1.165, 1.54) is 0 Å². The highest BCUT2D eigenvalue weighted by Crippen LogP contribution is 2.30. The molecular formula is C14H23N3O2S. The second kappa shape index (κ2) is 8.84. The number of nitrogens with two attached hydrogens (primary N) is 1. The van der Waals surface area contributed by atoms with Gasteiger partial charge in [0.2, 0.25) is 0 Å². The van der Waals surface area contributed by atoms with Crippen LogP contribution in [0.1, 0.15) is 12.5 Å². The maximum Gasteiger partial charge on any atom is 0.126 e. The lowest BCUT2D eigenvalue weighted by molar-refractivity contribution is 0.203. The summed E-state index contributed by atoms with van der Waals surface area (Å²) in [6.07, 6.45) is 0. The largest absolute Gasteiger partial charge is 0.395 e. The molecule has 0 radical (unpaired) electrons. The van der Waals surface area contributed by atoms with Gasteiger partial charge in [0.25, 0.3) is 0 Å². The predicted octanol–water partition coefficient (Wildman–Crippen LogP) is 1.53. The smallest absolute Gasteiger partial charge is 0.126 e. The Morgan fingerprint density at radius 3 is 2.75 bits per heavy atom. The van der Waals surface area contributed by atoms with Crippen molar-refractivity contribution in [1.82, 2.24) is 0 Å². The fourth-order valence-electron chi connectivity index (χ4n) is 2.00. The van der Waals surface area contributed by atoms with Crippen LogP contribution in [0.3, 0.4) is 0 Å². The first-order valence-electron chi connectivity index (χ1n) is 6.60. The Kier molecular flexibility index (Phi) is 7.43. The highest BCUT2D eigenvalue weighted by atomic mass is 32.2. The molecule has 1 rings (SSSR count). The molecule has 0 fully saturated rings. The summed E-state index contributed by atoms with van der Waals surface area (Å²) < 4.78 is 5.10. The zero-order valence-electron chi connectivity index (χ0n) is 12.1. The highest BCUT2D eigenvalue weighted by Gasteiger charge is 2.16. The van der Waals surface area contributed by atoms with Gasteiger partial charge >= 0.3 is 0 Å². The van der Waals surface area contributed by atoms with E-state index >= 15 is 0 Å². The SMILES string of the molecule is CCSc1cccc(N(CCO)CCOC)c1C(=N)N. The van der Waals surface area contributed by atoms with E-state index in [-0.39, 0.29) is 12.4 Å². The van der Waals surface area contributed by atoms with Crippen molar-refractivity contribution in [2.45, 2.75) is 11.8 Å². The number of nitrogen functional groups attached to an aromatic ring is 1. The molecule has 0 aliphatic heterocycles. The topological polar surface area (TPSA) is 82.6 Å². The molecule has 0 spiro atoms. The predicted molar refractivity (Wildman–Crippen MR) is 85.0 cm³/mol. The number of anilines is 1. The number of thioether (sulfide) groups is 1. The molecule has 0 aliphatic rings. The molecule has 0 unspecified atom stereocenters. The van der Waals surface area contributed by atoms with E-state index in [2.05, 4.69) is 6.92 Å². The van der Waals surface area contributed by atoms with Gasteiger partial charge in [0.15, 0.2) is 0 Å². The van der Waals surface area contributed by atoms with Gasteiger partial charge < -0.3 is 20.5 Å². The molecule has 5 nitrogen and oxygen atoms in total. The molecular weight excluding hydrogens is 274 g/mol. The number of amidine groups is 1. The number of nitrogens with one attached hydrogen (secondary N) is 1. The van der Waals surface area contributed by atoms with Crippen LogP contribution in [0.2, 0.25) is 0 Å². The summed E-state index contributed by atoms with van der Waals surface area (Å²) in [5, 5.41) is 17.1. The molecule has 0 bridgehead atoms. The van der Waals surface area contributed by atoms with Gasteiger partial charge in [-0.05, 0) is 17.9 Å². The van der Waals surface area contributed by atoms with Crippen molar-refractivity contribution >= 4 is 23.3 Å². The van der Waals surface area contributed by atoms with Gasteiger partial charge in [-0.3, -0.25) is 5.41 Å². The Bertz CT molecular complexity index is 440. The van der Waals surface area contributed by atoms with Crippen LogP contribution < -0.4 is 10.6 Å². The summed E-state index contributed by atoms with van der Waals surface area (Å²) in [6, 6.07) is 5.86. The number of hydrogen-bond acceptors (Lipinski definition) is 5. The molecule has 0 aromatic heterocycles. The van der Waals surface area contributed by atoms with Crippen molar-refractivity contribution in [3.8, 4) is 0 Å². The number of aliphatic hydroxyl groups excluding tert-OH is 1.